The fourth-order valence-electron chi connectivity index (χ4n) is 4.04. The Morgan fingerprint density at radius 2 is 2.00 bits per heavy atom. The first-order valence-corrected chi connectivity index (χ1v) is 10.2. The number of rotatable bonds is 3. The Bertz CT molecular complexity index is 1130. The fourth-order valence-corrected chi connectivity index (χ4v) is 4.04. The summed E-state index contributed by atoms with van der Waals surface area (Å²) in [6.45, 7) is 5.98. The molecule has 2 N–H and O–H groups in total. The van der Waals surface area contributed by atoms with E-state index in [0.29, 0.717) is 0 Å². The number of carbonyl (C=O) groups is 1. The third kappa shape index (κ3) is 3.49. The Hall–Kier alpha value is -3.41. The minimum atomic E-state index is -0.277. The van der Waals surface area contributed by atoms with Crippen molar-refractivity contribution in [2.24, 2.45) is 0 Å². The van der Waals surface area contributed by atoms with Gasteiger partial charge in [0.2, 0.25) is 0 Å². The molecular weight excluding hydrogens is 378 g/mol. The second-order valence-electron chi connectivity index (χ2n) is 7.75. The highest BCUT2D eigenvalue weighted by atomic mass is 16.3. The largest absolute Gasteiger partial charge is 0.508 e. The number of phenolic OH excluding ortho intramolecular Hbond substituents is 2. The van der Waals surface area contributed by atoms with E-state index in [1.807, 2.05) is 32.2 Å². The van der Waals surface area contributed by atoms with Gasteiger partial charge < -0.3 is 15.1 Å². The average Bonchev–Trinajstić information content (AvgIpc) is 2.73. The molecule has 1 unspecified atom stereocenters. The van der Waals surface area contributed by atoms with E-state index in [9.17, 15) is 15.0 Å². The Kier molecular flexibility index (Phi) is 5.16. The highest BCUT2D eigenvalue weighted by Crippen LogP contribution is 2.36. The van der Waals surface area contributed by atoms with Gasteiger partial charge in [0.05, 0.1) is 11.3 Å². The number of carbonyl (C=O) groups excluding carboxylic acids is 1. The van der Waals surface area contributed by atoms with Crippen LogP contribution in [0, 0.1) is 6.92 Å². The number of hydrogen-bond acceptors (Lipinski definition) is 5. The minimum Gasteiger partial charge on any atom is -0.508 e. The van der Waals surface area contributed by atoms with E-state index < -0.39 is 0 Å². The van der Waals surface area contributed by atoms with Crippen molar-refractivity contribution in [1.29, 1.82) is 0 Å². The second-order valence-corrected chi connectivity index (χ2v) is 7.75. The molecule has 0 saturated carbocycles. The number of aryl methyl sites for hydroxylation is 3. The minimum absolute atomic E-state index is 0.00319. The van der Waals surface area contributed by atoms with Crippen LogP contribution >= 0.6 is 0 Å². The highest BCUT2D eigenvalue weighted by Gasteiger charge is 2.30. The molecule has 0 fully saturated rings. The maximum atomic E-state index is 13.3. The molecule has 6 nitrogen and oxygen atoms in total. The van der Waals surface area contributed by atoms with Crippen molar-refractivity contribution in [2.45, 2.75) is 46.1 Å². The van der Waals surface area contributed by atoms with E-state index in [-0.39, 0.29) is 29.0 Å². The van der Waals surface area contributed by atoms with Crippen LogP contribution < -0.4 is 4.90 Å². The van der Waals surface area contributed by atoms with E-state index >= 15 is 0 Å². The molecule has 1 amide bonds. The number of nitrogens with zero attached hydrogens (tertiary/aromatic N) is 3. The van der Waals surface area contributed by atoms with Crippen LogP contribution in [0.2, 0.25) is 0 Å². The number of anilines is 1. The second kappa shape index (κ2) is 7.78. The van der Waals surface area contributed by atoms with Gasteiger partial charge in [-0.15, -0.1) is 0 Å². The van der Waals surface area contributed by atoms with Gasteiger partial charge in [0.25, 0.3) is 5.91 Å². The van der Waals surface area contributed by atoms with Crippen molar-refractivity contribution in [1.82, 2.24) is 9.97 Å². The summed E-state index contributed by atoms with van der Waals surface area (Å²) in [7, 11) is 0. The third-order valence-corrected chi connectivity index (χ3v) is 5.68. The van der Waals surface area contributed by atoms with E-state index in [1.54, 1.807) is 4.90 Å². The van der Waals surface area contributed by atoms with E-state index in [2.05, 4.69) is 23.0 Å². The topological polar surface area (TPSA) is 86.6 Å². The molecule has 0 spiro atoms. The lowest BCUT2D eigenvalue weighted by Gasteiger charge is -2.35. The molecule has 1 aliphatic rings. The zero-order chi connectivity index (χ0) is 21.4. The van der Waals surface area contributed by atoms with Gasteiger partial charge >= 0.3 is 0 Å². The summed E-state index contributed by atoms with van der Waals surface area (Å²) in [5, 5.41) is 19.7. The summed E-state index contributed by atoms with van der Waals surface area (Å²) in [4.78, 5) is 24.0. The molecule has 0 bridgehead atoms. The van der Waals surface area contributed by atoms with Crippen molar-refractivity contribution >= 4 is 11.6 Å². The van der Waals surface area contributed by atoms with Crippen LogP contribution in [0.25, 0.3) is 11.3 Å². The van der Waals surface area contributed by atoms with Gasteiger partial charge in [0.15, 0.2) is 0 Å². The van der Waals surface area contributed by atoms with Crippen molar-refractivity contribution in [3.8, 4) is 22.8 Å². The molecule has 6 heteroatoms. The molecule has 2 heterocycles. The normalized spacial score (nSPS) is 15.7. The molecule has 1 atom stereocenters. The van der Waals surface area contributed by atoms with Crippen LogP contribution in [0.5, 0.6) is 11.5 Å². The lowest BCUT2D eigenvalue weighted by molar-refractivity contribution is 0.0972. The number of amides is 1. The lowest BCUT2D eigenvalue weighted by Crippen LogP contribution is -2.42. The Morgan fingerprint density at radius 3 is 2.73 bits per heavy atom. The van der Waals surface area contributed by atoms with Crippen LogP contribution in [-0.4, -0.2) is 32.1 Å². The summed E-state index contributed by atoms with van der Waals surface area (Å²) < 4.78 is 0. The highest BCUT2D eigenvalue weighted by molar-refractivity contribution is 6.09. The van der Waals surface area contributed by atoms with Crippen LogP contribution in [-0.2, 0) is 12.8 Å². The molecule has 2 aromatic carbocycles. The molecule has 4 rings (SSSR count). The Morgan fingerprint density at radius 1 is 1.20 bits per heavy atom. The smallest absolute Gasteiger partial charge is 0.262 e. The summed E-state index contributed by atoms with van der Waals surface area (Å²) in [6.07, 6.45) is 4.41. The molecule has 30 heavy (non-hydrogen) atoms. The summed E-state index contributed by atoms with van der Waals surface area (Å²) >= 11 is 0. The van der Waals surface area contributed by atoms with Crippen LogP contribution in [0.3, 0.4) is 0 Å². The van der Waals surface area contributed by atoms with Gasteiger partial charge in [-0.1, -0.05) is 13.0 Å². The molecule has 3 aromatic rings. The third-order valence-electron chi connectivity index (χ3n) is 5.68. The monoisotopic (exact) mass is 403 g/mol. The van der Waals surface area contributed by atoms with Gasteiger partial charge in [-0.3, -0.25) is 4.79 Å². The van der Waals surface area contributed by atoms with Crippen molar-refractivity contribution in [2.75, 3.05) is 4.90 Å². The van der Waals surface area contributed by atoms with Crippen LogP contribution in [0.15, 0.2) is 42.6 Å². The van der Waals surface area contributed by atoms with Gasteiger partial charge in [-0.2, -0.15) is 0 Å². The Balaban J connectivity index is 1.76. The molecule has 0 saturated heterocycles. The molecule has 154 valence electrons. The summed E-state index contributed by atoms with van der Waals surface area (Å²) in [5.74, 6) is 0.154. The maximum Gasteiger partial charge on any atom is 0.262 e. The molecule has 0 radical (unpaired) electrons. The van der Waals surface area contributed by atoms with Crippen LogP contribution in [0.4, 0.5) is 5.69 Å². The summed E-state index contributed by atoms with van der Waals surface area (Å²) in [6, 6.07) is 10.1. The lowest BCUT2D eigenvalue weighted by atomic mass is 9.92. The predicted octanol–water partition coefficient (Wildman–Crippen LogP) is 4.41. The first kappa shape index (κ1) is 19.9. The summed E-state index contributed by atoms with van der Waals surface area (Å²) in [5.41, 5.74) is 5.14. The quantitative estimate of drug-likeness (QED) is 0.677. The Labute approximate surface area is 175 Å². The standard InChI is InChI=1S/C24H25N3O3/c1-4-16-13-25-15(3)26-23(16)18-7-10-21-17(11-18)6-5-14(2)27(21)24(30)20-9-8-19(28)12-22(20)29/h7-14,28-29H,4-6H2,1-3H3. The van der Waals surface area contributed by atoms with Gasteiger partial charge in [-0.05, 0) is 68.5 Å². The van der Waals surface area contributed by atoms with Crippen molar-refractivity contribution in [3.05, 3.63) is 65.1 Å². The zero-order valence-corrected chi connectivity index (χ0v) is 17.4. The van der Waals surface area contributed by atoms with Crippen LogP contribution in [0.1, 0.15) is 47.6 Å². The molecular formula is C24H25N3O3. The fraction of sp³-hybridized carbons (Fsp3) is 0.292. The van der Waals surface area contributed by atoms with E-state index in [4.69, 9.17) is 0 Å². The molecule has 0 aliphatic carbocycles. The average molecular weight is 403 g/mol. The van der Waals surface area contributed by atoms with Crippen molar-refractivity contribution < 1.29 is 15.0 Å². The number of phenols is 2. The number of benzene rings is 2. The SMILES string of the molecule is CCc1cnc(C)nc1-c1ccc2c(c1)CCC(C)N2C(=O)c1ccc(O)cc1O. The first-order valence-electron chi connectivity index (χ1n) is 10.2. The predicted molar refractivity (Wildman–Crippen MR) is 116 cm³/mol. The number of aromatic nitrogens is 2. The number of aromatic hydroxyl groups is 2. The van der Waals surface area contributed by atoms with Gasteiger partial charge in [0, 0.05) is 29.6 Å². The first-order chi connectivity index (χ1) is 14.4. The van der Waals surface area contributed by atoms with Gasteiger partial charge in [0.1, 0.15) is 17.3 Å². The van der Waals surface area contributed by atoms with E-state index in [1.165, 1.54) is 18.2 Å². The van der Waals surface area contributed by atoms with Crippen molar-refractivity contribution in [3.63, 3.8) is 0 Å². The number of hydrogen-bond donors (Lipinski definition) is 2. The number of fused-ring (bicyclic) bond motifs is 1. The molecule has 1 aromatic heterocycles. The van der Waals surface area contributed by atoms with Gasteiger partial charge in [-0.25, -0.2) is 9.97 Å². The molecule has 1 aliphatic heterocycles. The van der Waals surface area contributed by atoms with E-state index in [0.717, 1.165) is 53.2 Å². The maximum absolute atomic E-state index is 13.3. The zero-order valence-electron chi connectivity index (χ0n) is 17.4.